The summed E-state index contributed by atoms with van der Waals surface area (Å²) < 4.78 is 36.2. The largest absolute Gasteiger partial charge is 0.497 e. The molecule has 0 spiro atoms. The number of aliphatic hydroxyl groups excluding tert-OH is 1. The molecule has 2 aromatic heterocycles. The number of amides is 3. The standard InChI is InChI=1S/C38H51N7O6S/c1-7-27(4)35(45-21-20-43(38(45)48)25-34-40-31-14-11-19-39-36(31)42(34)5)37(47)41-32(22-28-12-9-8-10-13-28)33(46)24-44(23-26(2)3)52(49,50)30-17-15-29(51-6)16-18-30/h8-19,26-27,32-33,35,46H,7,20-25H2,1-6H3,(H,41,47)/t27-,32-,33+,35-/m0/s1. The number of pyridine rings is 1. The van der Waals surface area contributed by atoms with Gasteiger partial charge in [-0.25, -0.2) is 23.2 Å². The first kappa shape index (κ1) is 38.7. The van der Waals surface area contributed by atoms with Crippen molar-refractivity contribution in [1.29, 1.82) is 0 Å². The van der Waals surface area contributed by atoms with Gasteiger partial charge in [0.15, 0.2) is 5.65 Å². The van der Waals surface area contributed by atoms with E-state index in [0.29, 0.717) is 31.1 Å². The molecule has 13 nitrogen and oxygen atoms in total. The van der Waals surface area contributed by atoms with Gasteiger partial charge in [-0.05, 0) is 60.2 Å². The number of aromatic nitrogens is 3. The number of methoxy groups -OCH3 is 1. The molecule has 280 valence electrons. The lowest BCUT2D eigenvalue weighted by Gasteiger charge is -2.35. The maximum absolute atomic E-state index is 14.4. The molecule has 3 amide bonds. The number of carbonyl (C=O) groups is 2. The molecule has 52 heavy (non-hydrogen) atoms. The number of ether oxygens (including phenoxy) is 1. The van der Waals surface area contributed by atoms with Crippen LogP contribution in [-0.4, -0.2) is 106 Å². The molecule has 0 saturated carbocycles. The zero-order chi connectivity index (χ0) is 37.6. The van der Waals surface area contributed by atoms with Crippen LogP contribution < -0.4 is 10.1 Å². The number of urea groups is 1. The predicted molar refractivity (Wildman–Crippen MR) is 199 cm³/mol. The zero-order valence-electron chi connectivity index (χ0n) is 30.8. The second-order valence-electron chi connectivity index (χ2n) is 13.9. The van der Waals surface area contributed by atoms with E-state index in [0.717, 1.165) is 16.7 Å². The summed E-state index contributed by atoms with van der Waals surface area (Å²) in [5.74, 6) is 0.575. The number of carbonyl (C=O) groups excluding carboxylic acids is 2. The normalized spacial score (nSPS) is 16.1. The Kier molecular flexibility index (Phi) is 12.6. The van der Waals surface area contributed by atoms with E-state index >= 15 is 0 Å². The van der Waals surface area contributed by atoms with Gasteiger partial charge in [0.05, 0.1) is 30.7 Å². The smallest absolute Gasteiger partial charge is 0.321 e. The van der Waals surface area contributed by atoms with Gasteiger partial charge in [0.1, 0.15) is 23.1 Å². The number of rotatable bonds is 17. The monoisotopic (exact) mass is 733 g/mol. The van der Waals surface area contributed by atoms with Gasteiger partial charge in [-0.15, -0.1) is 0 Å². The lowest BCUT2D eigenvalue weighted by atomic mass is 9.95. The van der Waals surface area contributed by atoms with E-state index in [2.05, 4.69) is 15.3 Å². The predicted octanol–water partition coefficient (Wildman–Crippen LogP) is 4.06. The number of sulfonamides is 1. The number of hydrogen-bond acceptors (Lipinski definition) is 8. The van der Waals surface area contributed by atoms with Gasteiger partial charge in [0.25, 0.3) is 0 Å². The fourth-order valence-corrected chi connectivity index (χ4v) is 8.27. The minimum absolute atomic E-state index is 0.0401. The Hall–Kier alpha value is -4.53. The Labute approximate surface area is 306 Å². The van der Waals surface area contributed by atoms with Gasteiger partial charge in [-0.2, -0.15) is 4.31 Å². The van der Waals surface area contributed by atoms with E-state index in [1.165, 1.54) is 23.5 Å². The molecule has 1 fully saturated rings. The van der Waals surface area contributed by atoms with E-state index < -0.39 is 34.1 Å². The van der Waals surface area contributed by atoms with Gasteiger partial charge in [-0.3, -0.25) is 4.79 Å². The molecule has 14 heteroatoms. The number of hydrogen-bond donors (Lipinski definition) is 2. The number of imidazole rings is 1. The summed E-state index contributed by atoms with van der Waals surface area (Å²) in [7, 11) is -0.635. The molecule has 1 aliphatic rings. The van der Waals surface area contributed by atoms with Crippen LogP contribution in [0.2, 0.25) is 0 Å². The van der Waals surface area contributed by atoms with Crippen molar-refractivity contribution in [3.8, 4) is 5.75 Å². The summed E-state index contributed by atoms with van der Waals surface area (Å²) in [6.07, 6.45) is 1.31. The highest BCUT2D eigenvalue weighted by Crippen LogP contribution is 2.25. The highest BCUT2D eigenvalue weighted by molar-refractivity contribution is 7.89. The highest BCUT2D eigenvalue weighted by atomic mass is 32.2. The Morgan fingerprint density at radius 1 is 1.02 bits per heavy atom. The van der Waals surface area contributed by atoms with Crippen molar-refractivity contribution in [3.05, 3.63) is 84.3 Å². The second kappa shape index (κ2) is 16.9. The maximum Gasteiger partial charge on any atom is 0.321 e. The average molecular weight is 734 g/mol. The summed E-state index contributed by atoms with van der Waals surface area (Å²) >= 11 is 0. The minimum Gasteiger partial charge on any atom is -0.497 e. The maximum atomic E-state index is 14.4. The van der Waals surface area contributed by atoms with Crippen LogP contribution in [-0.2, 0) is 34.8 Å². The van der Waals surface area contributed by atoms with Gasteiger partial charge in [-0.1, -0.05) is 64.4 Å². The molecule has 0 unspecified atom stereocenters. The van der Waals surface area contributed by atoms with Crippen molar-refractivity contribution in [3.63, 3.8) is 0 Å². The zero-order valence-corrected chi connectivity index (χ0v) is 31.7. The van der Waals surface area contributed by atoms with Gasteiger partial charge < -0.3 is 29.5 Å². The molecule has 1 aliphatic heterocycles. The number of benzene rings is 2. The number of nitrogens with one attached hydrogen (secondary N) is 1. The number of fused-ring (bicyclic) bond motifs is 1. The van der Waals surface area contributed by atoms with Crippen LogP contribution in [0.3, 0.4) is 0 Å². The molecule has 0 bridgehead atoms. The van der Waals surface area contributed by atoms with Gasteiger partial charge >= 0.3 is 6.03 Å². The van der Waals surface area contributed by atoms with E-state index in [4.69, 9.17) is 4.74 Å². The SMILES string of the molecule is CC[C@H](C)[C@@H](C(=O)N[C@@H](Cc1ccccc1)[C@H](O)CN(CC(C)C)S(=O)(=O)c1ccc(OC)cc1)N1CCN(Cc2nc3cccnc3n2C)C1=O. The Balaban J connectivity index is 1.38. The van der Waals surface area contributed by atoms with E-state index in [1.807, 2.05) is 81.8 Å². The van der Waals surface area contributed by atoms with Crippen molar-refractivity contribution >= 4 is 33.1 Å². The molecule has 2 aromatic carbocycles. The van der Waals surface area contributed by atoms with E-state index in [9.17, 15) is 23.1 Å². The lowest BCUT2D eigenvalue weighted by Crippen LogP contribution is -2.57. The summed E-state index contributed by atoms with van der Waals surface area (Å²) in [4.78, 5) is 40.8. The van der Waals surface area contributed by atoms with Crippen LogP contribution in [0.5, 0.6) is 5.75 Å². The summed E-state index contributed by atoms with van der Waals surface area (Å²) in [6.45, 7) is 8.66. The van der Waals surface area contributed by atoms with Crippen molar-refractivity contribution in [2.45, 2.75) is 70.2 Å². The van der Waals surface area contributed by atoms with Crippen LogP contribution in [0.25, 0.3) is 11.2 Å². The fourth-order valence-electron chi connectivity index (χ4n) is 6.65. The molecule has 2 N–H and O–H groups in total. The van der Waals surface area contributed by atoms with Crippen LogP contribution in [0.15, 0.2) is 77.8 Å². The molecule has 4 aromatic rings. The minimum atomic E-state index is -4.01. The molecule has 5 rings (SSSR count). The number of aliphatic hydroxyl groups is 1. The molecule has 4 atom stereocenters. The van der Waals surface area contributed by atoms with Crippen molar-refractivity contribution in [1.82, 2.24) is 34.0 Å². The fraction of sp³-hybridized carbons (Fsp3) is 0.474. The molecular formula is C38H51N7O6S. The van der Waals surface area contributed by atoms with Gasteiger partial charge in [0, 0.05) is 39.4 Å². The highest BCUT2D eigenvalue weighted by Gasteiger charge is 2.41. The molecule has 0 radical (unpaired) electrons. The first-order valence-electron chi connectivity index (χ1n) is 17.8. The third kappa shape index (κ3) is 8.73. The Morgan fingerprint density at radius 2 is 1.73 bits per heavy atom. The topological polar surface area (TPSA) is 150 Å². The van der Waals surface area contributed by atoms with Crippen molar-refractivity contribution < 1.29 is 27.9 Å². The second-order valence-corrected chi connectivity index (χ2v) is 15.9. The quantitative estimate of drug-likeness (QED) is 0.165. The Morgan fingerprint density at radius 3 is 2.37 bits per heavy atom. The van der Waals surface area contributed by atoms with Crippen LogP contribution in [0, 0.1) is 11.8 Å². The summed E-state index contributed by atoms with van der Waals surface area (Å²) in [6, 6.07) is 17.3. The number of nitrogens with zero attached hydrogens (tertiary/aromatic N) is 6. The molecule has 3 heterocycles. The summed E-state index contributed by atoms with van der Waals surface area (Å²) in [5.41, 5.74) is 2.33. The first-order chi connectivity index (χ1) is 24.8. The molecular weight excluding hydrogens is 683 g/mol. The van der Waals surface area contributed by atoms with Crippen LogP contribution in [0.4, 0.5) is 4.79 Å². The average Bonchev–Trinajstić information content (AvgIpc) is 3.65. The van der Waals surface area contributed by atoms with E-state index in [-0.39, 0.29) is 48.8 Å². The van der Waals surface area contributed by atoms with Crippen LogP contribution >= 0.6 is 0 Å². The van der Waals surface area contributed by atoms with Crippen molar-refractivity contribution in [2.75, 3.05) is 33.3 Å². The van der Waals surface area contributed by atoms with Gasteiger partial charge in [0.2, 0.25) is 15.9 Å². The first-order valence-corrected chi connectivity index (χ1v) is 19.3. The molecule has 1 saturated heterocycles. The number of aryl methyl sites for hydroxylation is 1. The van der Waals surface area contributed by atoms with Crippen LogP contribution in [0.1, 0.15) is 45.5 Å². The Bertz CT molecular complexity index is 1920. The lowest BCUT2D eigenvalue weighted by molar-refractivity contribution is -0.128. The van der Waals surface area contributed by atoms with E-state index in [1.54, 1.807) is 28.1 Å². The van der Waals surface area contributed by atoms with Crippen molar-refractivity contribution in [2.24, 2.45) is 18.9 Å². The third-order valence-electron chi connectivity index (χ3n) is 9.71. The third-order valence-corrected chi connectivity index (χ3v) is 11.6. The molecule has 0 aliphatic carbocycles. The summed E-state index contributed by atoms with van der Waals surface area (Å²) in [5, 5.41) is 14.9.